The number of benzene rings is 1. The summed E-state index contributed by atoms with van der Waals surface area (Å²) in [6, 6.07) is 6.50. The van der Waals surface area contributed by atoms with Gasteiger partial charge in [-0.1, -0.05) is 29.3 Å². The average Bonchev–Trinajstić information content (AvgIpc) is 2.86. The lowest BCUT2D eigenvalue weighted by molar-refractivity contribution is -0.137. The largest absolute Gasteiger partial charge is 0.480 e. The van der Waals surface area contributed by atoms with E-state index in [-0.39, 0.29) is 12.2 Å². The van der Waals surface area contributed by atoms with E-state index in [4.69, 9.17) is 28.3 Å². The van der Waals surface area contributed by atoms with Crippen molar-refractivity contribution in [1.29, 1.82) is 0 Å². The summed E-state index contributed by atoms with van der Waals surface area (Å²) in [5.41, 5.74) is 1.30. The second-order valence-electron chi connectivity index (χ2n) is 4.42. The van der Waals surface area contributed by atoms with Gasteiger partial charge in [-0.05, 0) is 30.7 Å². The Morgan fingerprint density at radius 1 is 1.29 bits per heavy atom. The molecule has 0 spiro atoms. The van der Waals surface area contributed by atoms with Crippen LogP contribution in [0, 0.1) is 6.92 Å². The van der Waals surface area contributed by atoms with Gasteiger partial charge in [-0.2, -0.15) is 0 Å². The van der Waals surface area contributed by atoms with E-state index in [0.717, 1.165) is 5.56 Å². The lowest BCUT2D eigenvalue weighted by atomic mass is 10.2. The van der Waals surface area contributed by atoms with Gasteiger partial charge in [0.05, 0.1) is 15.7 Å². The molecule has 5 nitrogen and oxygen atoms in total. The molecule has 0 atom stereocenters. The SMILES string of the molecule is Cc1ccc(Cl)c(NC(=O)c2cccn2CC(=O)O)c1Cl. The Kier molecular flexibility index (Phi) is 4.55. The smallest absolute Gasteiger partial charge is 0.323 e. The van der Waals surface area contributed by atoms with E-state index in [2.05, 4.69) is 5.32 Å². The van der Waals surface area contributed by atoms with Crippen LogP contribution in [0.25, 0.3) is 0 Å². The molecule has 0 saturated carbocycles. The highest BCUT2D eigenvalue weighted by Crippen LogP contribution is 2.33. The quantitative estimate of drug-likeness (QED) is 0.904. The minimum atomic E-state index is -1.04. The second-order valence-corrected chi connectivity index (χ2v) is 5.21. The third-order valence-corrected chi connectivity index (χ3v) is 3.69. The summed E-state index contributed by atoms with van der Waals surface area (Å²) in [6.45, 7) is 1.49. The molecule has 0 aliphatic heterocycles. The molecule has 110 valence electrons. The molecule has 2 N–H and O–H groups in total. The maximum Gasteiger partial charge on any atom is 0.323 e. The average molecular weight is 327 g/mol. The number of anilines is 1. The number of aromatic nitrogens is 1. The first-order valence-electron chi connectivity index (χ1n) is 6.03. The van der Waals surface area contributed by atoms with Crippen LogP contribution < -0.4 is 5.32 Å². The molecule has 2 aromatic rings. The molecule has 0 aliphatic rings. The molecule has 7 heteroatoms. The minimum Gasteiger partial charge on any atom is -0.480 e. The second kappa shape index (κ2) is 6.20. The van der Waals surface area contributed by atoms with E-state index in [9.17, 15) is 9.59 Å². The number of nitrogens with one attached hydrogen (secondary N) is 1. The first-order chi connectivity index (χ1) is 9.90. The normalized spacial score (nSPS) is 10.4. The molecule has 0 radical (unpaired) electrons. The van der Waals surface area contributed by atoms with Gasteiger partial charge in [-0.25, -0.2) is 0 Å². The summed E-state index contributed by atoms with van der Waals surface area (Å²) in [7, 11) is 0. The zero-order valence-corrected chi connectivity index (χ0v) is 12.6. The Balaban J connectivity index is 2.29. The van der Waals surface area contributed by atoms with Gasteiger partial charge in [0.15, 0.2) is 0 Å². The van der Waals surface area contributed by atoms with E-state index < -0.39 is 11.9 Å². The van der Waals surface area contributed by atoms with Crippen molar-refractivity contribution < 1.29 is 14.7 Å². The predicted octanol–water partition coefficient (Wildman–Crippen LogP) is 3.44. The monoisotopic (exact) mass is 326 g/mol. The summed E-state index contributed by atoms with van der Waals surface area (Å²) in [5, 5.41) is 12.1. The van der Waals surface area contributed by atoms with Gasteiger partial charge in [0, 0.05) is 6.20 Å². The number of carboxylic acid groups (broad SMARTS) is 1. The molecule has 21 heavy (non-hydrogen) atoms. The molecule has 0 fully saturated rings. The zero-order valence-electron chi connectivity index (χ0n) is 11.1. The fraction of sp³-hybridized carbons (Fsp3) is 0.143. The topological polar surface area (TPSA) is 71.3 Å². The van der Waals surface area contributed by atoms with Crippen LogP contribution in [-0.2, 0) is 11.3 Å². The molecule has 0 aliphatic carbocycles. The van der Waals surface area contributed by atoms with Gasteiger partial charge >= 0.3 is 5.97 Å². The van der Waals surface area contributed by atoms with Gasteiger partial charge in [-0.15, -0.1) is 0 Å². The number of amides is 1. The number of carboxylic acids is 1. The van der Waals surface area contributed by atoms with Crippen molar-refractivity contribution >= 4 is 40.8 Å². The maximum atomic E-state index is 12.3. The van der Waals surface area contributed by atoms with Crippen LogP contribution in [0.5, 0.6) is 0 Å². The predicted molar refractivity (Wildman–Crippen MR) is 81.2 cm³/mol. The van der Waals surface area contributed by atoms with Crippen molar-refractivity contribution in [3.8, 4) is 0 Å². The first kappa shape index (κ1) is 15.4. The molecule has 1 aromatic heterocycles. The van der Waals surface area contributed by atoms with Gasteiger partial charge in [0.1, 0.15) is 12.2 Å². The zero-order chi connectivity index (χ0) is 15.6. The van der Waals surface area contributed by atoms with Gasteiger partial charge < -0.3 is 15.0 Å². The van der Waals surface area contributed by atoms with Crippen LogP contribution in [0.2, 0.25) is 10.0 Å². The fourth-order valence-electron chi connectivity index (χ4n) is 1.85. The fourth-order valence-corrected chi connectivity index (χ4v) is 2.32. The number of hydrogen-bond acceptors (Lipinski definition) is 2. The molecule has 0 saturated heterocycles. The Morgan fingerprint density at radius 3 is 2.67 bits per heavy atom. The number of rotatable bonds is 4. The molecule has 1 amide bonds. The molecular formula is C14H12Cl2N2O3. The minimum absolute atomic E-state index is 0.214. The highest BCUT2D eigenvalue weighted by molar-refractivity contribution is 6.40. The number of aryl methyl sites for hydroxylation is 1. The number of carbonyl (C=O) groups is 2. The van der Waals surface area contributed by atoms with Crippen molar-refractivity contribution in [1.82, 2.24) is 4.57 Å². The van der Waals surface area contributed by atoms with Crippen LogP contribution in [0.1, 0.15) is 16.1 Å². The van der Waals surface area contributed by atoms with Crippen LogP contribution in [0.3, 0.4) is 0 Å². The van der Waals surface area contributed by atoms with Crippen LogP contribution in [0.15, 0.2) is 30.5 Å². The lowest BCUT2D eigenvalue weighted by Gasteiger charge is -2.12. The Morgan fingerprint density at radius 2 is 2.00 bits per heavy atom. The van der Waals surface area contributed by atoms with Crippen LogP contribution in [0.4, 0.5) is 5.69 Å². The lowest BCUT2D eigenvalue weighted by Crippen LogP contribution is -2.19. The van der Waals surface area contributed by atoms with Crippen molar-refractivity contribution in [3.63, 3.8) is 0 Å². The van der Waals surface area contributed by atoms with Crippen molar-refractivity contribution in [2.24, 2.45) is 0 Å². The Bertz CT molecular complexity index is 710. The van der Waals surface area contributed by atoms with Crippen molar-refractivity contribution in [2.75, 3.05) is 5.32 Å². The maximum absolute atomic E-state index is 12.3. The van der Waals surface area contributed by atoms with Gasteiger partial charge in [0.25, 0.3) is 5.91 Å². The third kappa shape index (κ3) is 3.37. The van der Waals surface area contributed by atoms with Crippen LogP contribution >= 0.6 is 23.2 Å². The highest BCUT2D eigenvalue weighted by Gasteiger charge is 2.16. The summed E-state index contributed by atoms with van der Waals surface area (Å²) in [5.74, 6) is -1.51. The molecule has 1 heterocycles. The number of aliphatic carboxylic acids is 1. The molecular weight excluding hydrogens is 315 g/mol. The number of carbonyl (C=O) groups excluding carboxylic acids is 1. The standard InChI is InChI=1S/C14H12Cl2N2O3/c1-8-4-5-9(15)13(12(8)16)17-14(21)10-3-2-6-18(10)7-11(19)20/h2-6H,7H2,1H3,(H,17,21)(H,19,20). The number of hydrogen-bond donors (Lipinski definition) is 2. The Labute approximate surface area is 131 Å². The third-order valence-electron chi connectivity index (χ3n) is 2.89. The van der Waals surface area contributed by atoms with E-state index in [1.807, 2.05) is 0 Å². The molecule has 1 aromatic carbocycles. The van der Waals surface area contributed by atoms with Crippen LogP contribution in [-0.4, -0.2) is 21.6 Å². The van der Waals surface area contributed by atoms with Crippen molar-refractivity contribution in [2.45, 2.75) is 13.5 Å². The molecule has 0 unspecified atom stereocenters. The van der Waals surface area contributed by atoms with Crippen molar-refractivity contribution in [3.05, 3.63) is 51.8 Å². The van der Waals surface area contributed by atoms with E-state index in [0.29, 0.717) is 15.7 Å². The summed E-state index contributed by atoms with van der Waals surface area (Å²) in [6.07, 6.45) is 1.52. The van der Waals surface area contributed by atoms with E-state index in [1.54, 1.807) is 25.1 Å². The Hall–Kier alpha value is -1.98. The summed E-state index contributed by atoms with van der Waals surface area (Å²) < 4.78 is 1.33. The van der Waals surface area contributed by atoms with E-state index >= 15 is 0 Å². The highest BCUT2D eigenvalue weighted by atomic mass is 35.5. The summed E-state index contributed by atoms with van der Waals surface area (Å²) >= 11 is 12.2. The summed E-state index contributed by atoms with van der Waals surface area (Å²) in [4.78, 5) is 23.0. The molecule has 0 bridgehead atoms. The van der Waals surface area contributed by atoms with Gasteiger partial charge in [0.2, 0.25) is 0 Å². The first-order valence-corrected chi connectivity index (χ1v) is 6.78. The number of halogens is 2. The molecule has 2 rings (SSSR count). The van der Waals surface area contributed by atoms with Gasteiger partial charge in [-0.3, -0.25) is 9.59 Å². The number of nitrogens with zero attached hydrogens (tertiary/aromatic N) is 1. The van der Waals surface area contributed by atoms with E-state index in [1.165, 1.54) is 16.8 Å².